The Bertz CT molecular complexity index is 1580. The minimum atomic E-state index is -0.415. The summed E-state index contributed by atoms with van der Waals surface area (Å²) in [5.41, 5.74) is 10.7. The highest BCUT2D eigenvalue weighted by Gasteiger charge is 2.11. The Morgan fingerprint density at radius 1 is 0.800 bits per heavy atom. The van der Waals surface area contributed by atoms with Gasteiger partial charge in [0.05, 0.1) is 31.3 Å². The summed E-state index contributed by atoms with van der Waals surface area (Å²) in [6, 6.07) is 23.9. The lowest BCUT2D eigenvalue weighted by Crippen LogP contribution is -2.01. The van der Waals surface area contributed by atoms with Crippen molar-refractivity contribution in [1.82, 2.24) is 9.97 Å². The first-order valence-electron chi connectivity index (χ1n) is 10.8. The Balaban J connectivity index is 1.45. The Labute approximate surface area is 201 Å². The number of anilines is 3. The van der Waals surface area contributed by atoms with Crippen molar-refractivity contribution in [2.75, 3.05) is 25.3 Å². The summed E-state index contributed by atoms with van der Waals surface area (Å²) < 4.78 is 16.0. The molecular weight excluding hydrogens is 444 g/mol. The van der Waals surface area contributed by atoms with Crippen LogP contribution in [0.15, 0.2) is 88.1 Å². The van der Waals surface area contributed by atoms with Crippen LogP contribution in [0.2, 0.25) is 0 Å². The molecule has 35 heavy (non-hydrogen) atoms. The fourth-order valence-electron chi connectivity index (χ4n) is 3.85. The molecule has 0 unspecified atom stereocenters. The Morgan fingerprint density at radius 2 is 1.49 bits per heavy atom. The molecule has 5 rings (SSSR count). The van der Waals surface area contributed by atoms with Gasteiger partial charge in [0, 0.05) is 28.3 Å². The summed E-state index contributed by atoms with van der Waals surface area (Å²) >= 11 is 0. The van der Waals surface area contributed by atoms with Gasteiger partial charge < -0.3 is 24.9 Å². The topological polar surface area (TPSA) is 112 Å². The Kier molecular flexibility index (Phi) is 5.76. The first kappa shape index (κ1) is 22.0. The normalized spacial score (nSPS) is 10.8. The Hall–Kier alpha value is -4.85. The number of nitrogen functional groups attached to an aromatic ring is 1. The van der Waals surface area contributed by atoms with E-state index in [1.807, 2.05) is 66.7 Å². The zero-order valence-corrected chi connectivity index (χ0v) is 19.1. The number of methoxy groups -OCH3 is 2. The zero-order valence-electron chi connectivity index (χ0n) is 19.1. The highest BCUT2D eigenvalue weighted by molar-refractivity contribution is 5.91. The molecule has 0 aliphatic rings. The van der Waals surface area contributed by atoms with Gasteiger partial charge in [-0.3, -0.25) is 0 Å². The van der Waals surface area contributed by atoms with Crippen molar-refractivity contribution < 1.29 is 13.9 Å². The van der Waals surface area contributed by atoms with Crippen molar-refractivity contribution in [2.45, 2.75) is 0 Å². The van der Waals surface area contributed by atoms with E-state index in [1.165, 1.54) is 6.07 Å². The number of ether oxygens (including phenoxy) is 2. The minimum Gasteiger partial charge on any atom is -0.493 e. The van der Waals surface area contributed by atoms with Gasteiger partial charge in [0.1, 0.15) is 5.58 Å². The molecular formula is C27H22N4O4. The van der Waals surface area contributed by atoms with Gasteiger partial charge in [-0.05, 0) is 48.5 Å². The van der Waals surface area contributed by atoms with Crippen LogP contribution < -0.4 is 26.1 Å². The van der Waals surface area contributed by atoms with Crippen LogP contribution in [0.5, 0.6) is 11.5 Å². The molecule has 2 aromatic heterocycles. The van der Waals surface area contributed by atoms with Gasteiger partial charge in [-0.1, -0.05) is 24.3 Å². The quantitative estimate of drug-likeness (QED) is 0.326. The van der Waals surface area contributed by atoms with Crippen molar-refractivity contribution in [3.8, 4) is 34.0 Å². The van der Waals surface area contributed by atoms with Crippen LogP contribution in [-0.2, 0) is 0 Å². The standard InChI is InChI=1S/C27H22N4O4/c1-33-24-12-9-17(13-25(24)34-2)21-14-20(30-27(28)31-21)16-7-10-18(11-8-16)29-22-15-26(32)35-23-6-4-3-5-19(22)23/h3-15,29H,1-2H3,(H2,28,30,31). The number of para-hydroxylation sites is 1. The van der Waals surface area contributed by atoms with Crippen LogP contribution in [0.4, 0.5) is 17.3 Å². The molecule has 3 N–H and O–H groups in total. The lowest BCUT2D eigenvalue weighted by molar-refractivity contribution is 0.355. The van der Waals surface area contributed by atoms with Crippen LogP contribution in [0.3, 0.4) is 0 Å². The average molecular weight is 466 g/mol. The number of benzene rings is 3. The van der Waals surface area contributed by atoms with Gasteiger partial charge in [-0.15, -0.1) is 0 Å². The molecule has 0 fully saturated rings. The lowest BCUT2D eigenvalue weighted by Gasteiger charge is -2.11. The van der Waals surface area contributed by atoms with Crippen molar-refractivity contribution in [1.29, 1.82) is 0 Å². The van der Waals surface area contributed by atoms with Gasteiger partial charge in [0.25, 0.3) is 0 Å². The molecule has 174 valence electrons. The maximum atomic E-state index is 11.9. The zero-order chi connectivity index (χ0) is 24.4. The van der Waals surface area contributed by atoms with Crippen LogP contribution >= 0.6 is 0 Å². The summed E-state index contributed by atoms with van der Waals surface area (Å²) in [5, 5.41) is 4.11. The molecule has 0 spiro atoms. The predicted molar refractivity (Wildman–Crippen MR) is 136 cm³/mol. The smallest absolute Gasteiger partial charge is 0.338 e. The molecule has 0 saturated heterocycles. The van der Waals surface area contributed by atoms with E-state index in [2.05, 4.69) is 15.3 Å². The molecule has 0 aliphatic carbocycles. The number of aromatic nitrogens is 2. The van der Waals surface area contributed by atoms with Crippen LogP contribution in [-0.4, -0.2) is 24.2 Å². The van der Waals surface area contributed by atoms with Gasteiger partial charge in [0.2, 0.25) is 5.95 Å². The molecule has 8 nitrogen and oxygen atoms in total. The number of fused-ring (bicyclic) bond motifs is 1. The number of hydrogen-bond acceptors (Lipinski definition) is 8. The number of nitrogens with zero attached hydrogens (tertiary/aromatic N) is 2. The van der Waals surface area contributed by atoms with Gasteiger partial charge >= 0.3 is 5.63 Å². The van der Waals surface area contributed by atoms with E-state index in [-0.39, 0.29) is 5.95 Å². The maximum absolute atomic E-state index is 11.9. The van der Waals surface area contributed by atoms with E-state index in [4.69, 9.17) is 19.6 Å². The summed E-state index contributed by atoms with van der Waals surface area (Å²) in [5.74, 6) is 1.39. The van der Waals surface area contributed by atoms with Crippen molar-refractivity contribution in [3.05, 3.63) is 89.3 Å². The van der Waals surface area contributed by atoms with Crippen LogP contribution in [0, 0.1) is 0 Å². The average Bonchev–Trinajstić information content (AvgIpc) is 2.88. The van der Waals surface area contributed by atoms with Crippen LogP contribution in [0.25, 0.3) is 33.5 Å². The molecule has 0 radical (unpaired) electrons. The van der Waals surface area contributed by atoms with E-state index in [0.29, 0.717) is 34.2 Å². The molecule has 0 atom stereocenters. The van der Waals surface area contributed by atoms with Crippen molar-refractivity contribution in [2.24, 2.45) is 0 Å². The number of hydrogen-bond donors (Lipinski definition) is 2. The molecule has 3 aromatic carbocycles. The maximum Gasteiger partial charge on any atom is 0.338 e. The van der Waals surface area contributed by atoms with Gasteiger partial charge in [0.15, 0.2) is 11.5 Å². The predicted octanol–water partition coefficient (Wildman–Crippen LogP) is 5.26. The van der Waals surface area contributed by atoms with Gasteiger partial charge in [-0.25, -0.2) is 14.8 Å². The number of nitrogens with one attached hydrogen (secondary N) is 1. The van der Waals surface area contributed by atoms with Gasteiger partial charge in [-0.2, -0.15) is 0 Å². The van der Waals surface area contributed by atoms with E-state index in [1.54, 1.807) is 20.3 Å². The molecule has 5 aromatic rings. The third-order valence-electron chi connectivity index (χ3n) is 5.53. The largest absolute Gasteiger partial charge is 0.493 e. The molecule has 0 saturated carbocycles. The first-order valence-corrected chi connectivity index (χ1v) is 10.8. The molecule has 0 aliphatic heterocycles. The summed E-state index contributed by atoms with van der Waals surface area (Å²) in [6.07, 6.45) is 0. The molecule has 0 bridgehead atoms. The van der Waals surface area contributed by atoms with E-state index < -0.39 is 5.63 Å². The second kappa shape index (κ2) is 9.18. The van der Waals surface area contributed by atoms with E-state index in [0.717, 1.165) is 22.2 Å². The SMILES string of the molecule is COc1ccc(-c2cc(-c3ccc(Nc4cc(=O)oc5ccccc45)cc3)nc(N)n2)cc1OC. The fraction of sp³-hybridized carbons (Fsp3) is 0.0741. The third kappa shape index (κ3) is 4.49. The highest BCUT2D eigenvalue weighted by Crippen LogP contribution is 2.33. The second-order valence-electron chi connectivity index (χ2n) is 7.74. The number of nitrogens with two attached hydrogens (primary N) is 1. The molecule has 8 heteroatoms. The first-order chi connectivity index (χ1) is 17.0. The Morgan fingerprint density at radius 3 is 2.23 bits per heavy atom. The van der Waals surface area contributed by atoms with E-state index >= 15 is 0 Å². The summed E-state index contributed by atoms with van der Waals surface area (Å²) in [4.78, 5) is 20.7. The lowest BCUT2D eigenvalue weighted by atomic mass is 10.1. The summed E-state index contributed by atoms with van der Waals surface area (Å²) in [7, 11) is 3.17. The molecule has 2 heterocycles. The second-order valence-corrected chi connectivity index (χ2v) is 7.74. The fourth-order valence-corrected chi connectivity index (χ4v) is 3.85. The summed E-state index contributed by atoms with van der Waals surface area (Å²) in [6.45, 7) is 0. The highest BCUT2D eigenvalue weighted by atomic mass is 16.5. The monoisotopic (exact) mass is 466 g/mol. The van der Waals surface area contributed by atoms with Crippen molar-refractivity contribution in [3.63, 3.8) is 0 Å². The van der Waals surface area contributed by atoms with Crippen LogP contribution in [0.1, 0.15) is 0 Å². The third-order valence-corrected chi connectivity index (χ3v) is 5.53. The van der Waals surface area contributed by atoms with Crippen molar-refractivity contribution >= 4 is 28.3 Å². The number of rotatable bonds is 6. The molecule has 0 amide bonds. The minimum absolute atomic E-state index is 0.164. The van der Waals surface area contributed by atoms with E-state index in [9.17, 15) is 4.79 Å².